The number of aliphatic hydroxyl groups excluding tert-OH is 1. The van der Waals surface area contributed by atoms with Gasteiger partial charge in [-0.1, -0.05) is 113 Å². The zero-order valence-corrected chi connectivity index (χ0v) is 53.1. The number of hydrogen-bond donors (Lipinski definition) is 7. The zero-order valence-electron chi connectivity index (χ0n) is 49.8. The number of anilines is 1. The first-order valence-corrected chi connectivity index (χ1v) is 32.5. The molecule has 24 heteroatoms. The summed E-state index contributed by atoms with van der Waals surface area (Å²) in [7, 11) is -5.84. The van der Waals surface area contributed by atoms with Gasteiger partial charge in [0.25, 0.3) is 5.91 Å². The Kier molecular flexibility index (Phi) is 22.5. The van der Waals surface area contributed by atoms with Crippen molar-refractivity contribution in [1.82, 2.24) is 31.1 Å². The molecule has 2 saturated heterocycles. The van der Waals surface area contributed by atoms with Gasteiger partial charge in [-0.3, -0.25) is 43.1 Å². The van der Waals surface area contributed by atoms with Crippen LogP contribution in [0, 0.1) is 10.8 Å². The highest BCUT2D eigenvalue weighted by Crippen LogP contribution is 2.59. The summed E-state index contributed by atoms with van der Waals surface area (Å²) in [6, 6.07) is 15.4. The number of benzene rings is 3. The first kappa shape index (κ1) is 67.3. The SMILES string of the molecule is CC1=C(c2ccc(CNC(=O)[C@@H]3C[C@@H](O)CN3C(=O)[C@@H](NC(=O)CCCCCCCCNC(=O)CCN(C(=O)[C@@H]3CCCN3C(=O)[C@@H](NC(=O)c3cc4cc(C(F)(F)P(=O)(O)O)ccc4s3)C(C)(C)C)c3ccc(Br)cc3)C(C)(C)C)cc2)CC=N1. The lowest BCUT2D eigenvalue weighted by atomic mass is 9.85. The van der Waals surface area contributed by atoms with E-state index in [4.69, 9.17) is 0 Å². The normalized spacial score (nSPS) is 18.1. The van der Waals surface area contributed by atoms with E-state index in [0.717, 1.165) is 82.4 Å². The van der Waals surface area contributed by atoms with Crippen LogP contribution in [0.1, 0.15) is 152 Å². The molecule has 4 aromatic rings. The van der Waals surface area contributed by atoms with Crippen molar-refractivity contribution in [3.8, 4) is 0 Å². The van der Waals surface area contributed by atoms with Crippen molar-refractivity contribution in [1.29, 1.82) is 0 Å². The number of unbranched alkanes of at least 4 members (excludes halogenated alkanes) is 5. The highest BCUT2D eigenvalue weighted by molar-refractivity contribution is 9.10. The number of rotatable bonds is 25. The standard InChI is InChI=1S/C62H80BrF2N8O11PS/c1-38-46(27-30-66-38)40-19-17-39(18-20-40)36-68-55(77)48-35-45(74)37-73(48)59(81)53(60(2,3)4)69-52(76)16-12-10-8-9-11-13-29-67-51(75)28-32-71(44-24-22-43(63)23-25-44)57(79)47-15-14-31-72(47)58(80)54(61(5,6)7)70-56(78)50-34-41-33-42(21-26-49(41)86-50)62(64,65)85(82,83)84/h17-26,30,33-34,45,47-48,53-54,74H,8-16,27-29,31-32,35-37H2,1-7H3,(H,67,75)(H,68,77)(H,69,76)(H,70,78)(H2,82,83,84)/t45-,47+,48+,53-,54-/m1/s1. The number of aliphatic hydroxyl groups is 1. The summed E-state index contributed by atoms with van der Waals surface area (Å²) in [5.74, 6) is -2.91. The van der Waals surface area contributed by atoms with Gasteiger partial charge in [0, 0.05) is 90.7 Å². The highest BCUT2D eigenvalue weighted by Gasteiger charge is 2.51. The molecule has 3 aliphatic rings. The Hall–Kier alpha value is -6.23. The fourth-order valence-corrected chi connectivity index (χ4v) is 12.6. The Labute approximate surface area is 513 Å². The second-order valence-corrected chi connectivity index (χ2v) is 28.3. The molecule has 1 aromatic heterocycles. The predicted molar refractivity (Wildman–Crippen MR) is 331 cm³/mol. The lowest BCUT2D eigenvalue weighted by molar-refractivity contribution is -0.144. The van der Waals surface area contributed by atoms with Crippen LogP contribution in [0.2, 0.25) is 0 Å². The summed E-state index contributed by atoms with van der Waals surface area (Å²) in [6.07, 6.45) is 7.48. The average molecular weight is 1290 g/mol. The van der Waals surface area contributed by atoms with Gasteiger partial charge < -0.3 is 50.9 Å². The number of carbonyl (C=O) groups is 7. The highest BCUT2D eigenvalue weighted by atomic mass is 79.9. The Bertz CT molecular complexity index is 3250. The van der Waals surface area contributed by atoms with Crippen LogP contribution in [0.3, 0.4) is 0 Å². The minimum absolute atomic E-state index is 0.0152. The molecule has 7 rings (SSSR count). The molecule has 0 radical (unpaired) electrons. The molecule has 466 valence electrons. The monoisotopic (exact) mass is 1290 g/mol. The topological polar surface area (TPSA) is 267 Å². The predicted octanol–water partition coefficient (Wildman–Crippen LogP) is 9.31. The van der Waals surface area contributed by atoms with E-state index in [9.17, 15) is 61.8 Å². The molecular weight excluding hydrogens is 1210 g/mol. The van der Waals surface area contributed by atoms with Crippen molar-refractivity contribution < 1.29 is 61.8 Å². The fourth-order valence-electron chi connectivity index (χ4n) is 10.9. The van der Waals surface area contributed by atoms with Crippen molar-refractivity contribution in [2.75, 3.05) is 31.1 Å². The molecule has 4 heterocycles. The van der Waals surface area contributed by atoms with E-state index in [0.29, 0.717) is 42.6 Å². The molecule has 3 aliphatic heterocycles. The third-order valence-corrected chi connectivity index (χ3v) is 18.5. The third-order valence-electron chi connectivity index (χ3n) is 15.9. The average Bonchev–Trinajstić information content (AvgIpc) is 1.94. The maximum atomic E-state index is 14.6. The Morgan fingerprint density at radius 2 is 1.43 bits per heavy atom. The van der Waals surface area contributed by atoms with E-state index in [-0.39, 0.29) is 73.4 Å². The minimum Gasteiger partial charge on any atom is -0.391 e. The molecule has 0 unspecified atom stereocenters. The van der Waals surface area contributed by atoms with Crippen LogP contribution in [-0.4, -0.2) is 129 Å². The van der Waals surface area contributed by atoms with Gasteiger partial charge in [0.2, 0.25) is 35.4 Å². The second-order valence-electron chi connectivity index (χ2n) is 24.6. The number of aliphatic imine (C=N–C) groups is 1. The summed E-state index contributed by atoms with van der Waals surface area (Å²) >= 11 is 4.40. The van der Waals surface area contributed by atoms with Crippen molar-refractivity contribution in [2.45, 2.75) is 168 Å². The first-order chi connectivity index (χ1) is 40.4. The minimum atomic E-state index is -5.84. The number of hydrogen-bond acceptors (Lipinski definition) is 11. The van der Waals surface area contributed by atoms with Gasteiger partial charge >= 0.3 is 13.3 Å². The van der Waals surface area contributed by atoms with Crippen molar-refractivity contribution in [3.05, 3.63) is 105 Å². The summed E-state index contributed by atoms with van der Waals surface area (Å²) in [6.45, 7) is 13.7. The number of carbonyl (C=O) groups excluding carboxylic acids is 7. The molecule has 86 heavy (non-hydrogen) atoms. The van der Waals surface area contributed by atoms with Crippen LogP contribution in [0.25, 0.3) is 15.7 Å². The van der Waals surface area contributed by atoms with E-state index in [1.807, 2.05) is 58.2 Å². The maximum Gasteiger partial charge on any atom is 0.399 e. The zero-order chi connectivity index (χ0) is 62.9. The van der Waals surface area contributed by atoms with Gasteiger partial charge in [-0.05, 0) is 108 Å². The summed E-state index contributed by atoms with van der Waals surface area (Å²) in [5, 5.41) is 22.4. The van der Waals surface area contributed by atoms with E-state index < -0.39 is 83.6 Å². The Morgan fingerprint density at radius 3 is 2.07 bits per heavy atom. The Morgan fingerprint density at radius 1 is 0.791 bits per heavy atom. The van der Waals surface area contributed by atoms with Crippen LogP contribution >= 0.6 is 34.9 Å². The molecule has 3 aromatic carbocycles. The van der Waals surface area contributed by atoms with E-state index in [1.165, 1.54) is 26.8 Å². The number of nitrogens with zero attached hydrogens (tertiary/aromatic N) is 4. The fraction of sp³-hybridized carbons (Fsp3) is 0.516. The molecule has 5 atom stereocenters. The molecule has 0 saturated carbocycles. The van der Waals surface area contributed by atoms with Gasteiger partial charge in [0.1, 0.15) is 24.2 Å². The molecule has 19 nitrogen and oxygen atoms in total. The van der Waals surface area contributed by atoms with Crippen molar-refractivity contribution >= 4 is 104 Å². The lowest BCUT2D eigenvalue weighted by Crippen LogP contribution is -2.58. The third kappa shape index (κ3) is 17.1. The number of nitrogens with one attached hydrogen (secondary N) is 4. The number of halogens is 3. The summed E-state index contributed by atoms with van der Waals surface area (Å²) in [4.78, 5) is 124. The number of thiophene rings is 1. The Balaban J connectivity index is 0.839. The van der Waals surface area contributed by atoms with Gasteiger partial charge in [-0.25, -0.2) is 0 Å². The van der Waals surface area contributed by atoms with Crippen LogP contribution in [-0.2, 0) is 45.5 Å². The molecule has 7 amide bonds. The lowest BCUT2D eigenvalue weighted by Gasteiger charge is -2.36. The number of β-amino-alcohol motifs (C(OH)–C–C–N with tert-alkyl or cyclic N) is 1. The second kappa shape index (κ2) is 28.7. The molecule has 2 fully saturated rings. The molecular formula is C62H80BrF2N8O11PS. The van der Waals surface area contributed by atoms with Crippen LogP contribution < -0.4 is 26.2 Å². The largest absolute Gasteiger partial charge is 0.399 e. The van der Waals surface area contributed by atoms with Crippen LogP contribution in [0.4, 0.5) is 14.5 Å². The van der Waals surface area contributed by atoms with Crippen LogP contribution in [0.15, 0.2) is 88.0 Å². The first-order valence-electron chi connectivity index (χ1n) is 29.2. The smallest absolute Gasteiger partial charge is 0.391 e. The van der Waals surface area contributed by atoms with Gasteiger partial charge in [-0.2, -0.15) is 8.78 Å². The number of allylic oxidation sites excluding steroid dienone is 2. The van der Waals surface area contributed by atoms with Gasteiger partial charge in [0.05, 0.1) is 11.0 Å². The number of fused-ring (bicyclic) bond motifs is 1. The van der Waals surface area contributed by atoms with Crippen molar-refractivity contribution in [3.63, 3.8) is 0 Å². The van der Waals surface area contributed by atoms with E-state index in [2.05, 4.69) is 42.2 Å². The number of likely N-dealkylation sites (tertiary alicyclic amines) is 2. The summed E-state index contributed by atoms with van der Waals surface area (Å²) in [5.41, 5.74) is -2.28. The molecule has 0 aliphatic carbocycles. The maximum absolute atomic E-state index is 14.6. The molecule has 0 spiro atoms. The van der Waals surface area contributed by atoms with Gasteiger partial charge in [0.15, 0.2) is 0 Å². The van der Waals surface area contributed by atoms with E-state index in [1.54, 1.807) is 45.0 Å². The molecule has 7 N–H and O–H groups in total. The van der Waals surface area contributed by atoms with E-state index >= 15 is 0 Å². The van der Waals surface area contributed by atoms with Crippen LogP contribution in [0.5, 0.6) is 0 Å². The quantitative estimate of drug-likeness (QED) is 0.0243. The number of alkyl halides is 2. The number of amides is 7. The molecule has 0 bridgehead atoms. The van der Waals surface area contributed by atoms with Crippen molar-refractivity contribution in [2.24, 2.45) is 15.8 Å². The summed E-state index contributed by atoms with van der Waals surface area (Å²) < 4.78 is 41.8. The van der Waals surface area contributed by atoms with Gasteiger partial charge in [-0.15, -0.1) is 11.3 Å².